The van der Waals surface area contributed by atoms with Crippen LogP contribution in [0.5, 0.6) is 0 Å². The second kappa shape index (κ2) is 5.37. The summed E-state index contributed by atoms with van der Waals surface area (Å²) in [5.41, 5.74) is 0.793. The third kappa shape index (κ3) is 3.00. The van der Waals surface area contributed by atoms with E-state index in [1.807, 2.05) is 0 Å². The van der Waals surface area contributed by atoms with Crippen molar-refractivity contribution in [2.24, 2.45) is 0 Å². The van der Waals surface area contributed by atoms with E-state index < -0.39 is 11.9 Å². The zero-order chi connectivity index (χ0) is 10.6. The SMILES string of the molecule is O=C(O)[C@H](CCBr)c1ccc(Cl)cc1. The van der Waals surface area contributed by atoms with E-state index in [9.17, 15) is 4.79 Å². The van der Waals surface area contributed by atoms with Gasteiger partial charge in [-0.15, -0.1) is 0 Å². The van der Waals surface area contributed by atoms with Crippen LogP contribution in [0.15, 0.2) is 24.3 Å². The van der Waals surface area contributed by atoms with Gasteiger partial charge in [-0.25, -0.2) is 0 Å². The fraction of sp³-hybridized carbons (Fsp3) is 0.300. The molecule has 0 aliphatic heterocycles. The van der Waals surface area contributed by atoms with Gasteiger partial charge in [0.1, 0.15) is 0 Å². The maximum absolute atomic E-state index is 10.9. The summed E-state index contributed by atoms with van der Waals surface area (Å²) in [5.74, 6) is -1.25. The zero-order valence-electron chi connectivity index (χ0n) is 7.41. The Morgan fingerprint density at radius 3 is 2.43 bits per heavy atom. The number of hydrogen-bond donors (Lipinski definition) is 1. The molecule has 0 spiro atoms. The van der Waals surface area contributed by atoms with Crippen molar-refractivity contribution in [1.29, 1.82) is 0 Å². The Bertz CT molecular complexity index is 310. The van der Waals surface area contributed by atoms with Crippen molar-refractivity contribution in [2.75, 3.05) is 5.33 Å². The van der Waals surface area contributed by atoms with Gasteiger partial charge in [0.05, 0.1) is 5.92 Å². The van der Waals surface area contributed by atoms with Crippen molar-refractivity contribution in [2.45, 2.75) is 12.3 Å². The standard InChI is InChI=1S/C10H10BrClO2/c11-6-5-9(10(13)14)7-1-3-8(12)4-2-7/h1-4,9H,5-6H2,(H,13,14)/t9-/m1/s1. The summed E-state index contributed by atoms with van der Waals surface area (Å²) in [5, 5.41) is 10.3. The molecule has 1 N–H and O–H groups in total. The van der Waals surface area contributed by atoms with Gasteiger partial charge in [-0.1, -0.05) is 39.7 Å². The Hall–Kier alpha value is -0.540. The Morgan fingerprint density at radius 2 is 2.00 bits per heavy atom. The molecule has 1 atom stereocenters. The third-order valence-electron chi connectivity index (χ3n) is 1.97. The molecule has 1 rings (SSSR count). The van der Waals surface area contributed by atoms with Gasteiger partial charge in [-0.3, -0.25) is 4.79 Å². The van der Waals surface area contributed by atoms with E-state index in [0.29, 0.717) is 16.8 Å². The molecular weight excluding hydrogens is 267 g/mol. The van der Waals surface area contributed by atoms with Crippen LogP contribution >= 0.6 is 27.5 Å². The summed E-state index contributed by atoms with van der Waals surface area (Å²) >= 11 is 8.96. The van der Waals surface area contributed by atoms with Crippen LogP contribution in [0.2, 0.25) is 5.02 Å². The molecule has 0 aliphatic carbocycles. The number of aliphatic carboxylic acids is 1. The van der Waals surface area contributed by atoms with Gasteiger partial charge < -0.3 is 5.11 Å². The monoisotopic (exact) mass is 276 g/mol. The van der Waals surface area contributed by atoms with Crippen LogP contribution in [0.4, 0.5) is 0 Å². The predicted molar refractivity (Wildman–Crippen MR) is 60.2 cm³/mol. The summed E-state index contributed by atoms with van der Waals surface area (Å²) in [7, 11) is 0. The van der Waals surface area contributed by atoms with Gasteiger partial charge in [0, 0.05) is 10.4 Å². The Morgan fingerprint density at radius 1 is 1.43 bits per heavy atom. The highest BCUT2D eigenvalue weighted by molar-refractivity contribution is 9.09. The molecule has 1 aromatic rings. The lowest BCUT2D eigenvalue weighted by Crippen LogP contribution is -2.11. The summed E-state index contributed by atoms with van der Waals surface area (Å²) in [6, 6.07) is 6.93. The lowest BCUT2D eigenvalue weighted by molar-refractivity contribution is -0.138. The first-order valence-corrected chi connectivity index (χ1v) is 5.69. The van der Waals surface area contributed by atoms with Crippen LogP contribution in [-0.2, 0) is 4.79 Å². The fourth-order valence-electron chi connectivity index (χ4n) is 1.24. The van der Waals surface area contributed by atoms with Crippen LogP contribution in [0.3, 0.4) is 0 Å². The first kappa shape index (κ1) is 11.5. The van der Waals surface area contributed by atoms with Crippen molar-refractivity contribution in [3.8, 4) is 0 Å². The number of hydrogen-bond acceptors (Lipinski definition) is 1. The van der Waals surface area contributed by atoms with Crippen LogP contribution in [0.25, 0.3) is 0 Å². The van der Waals surface area contributed by atoms with Gasteiger partial charge in [0.25, 0.3) is 0 Å². The van der Waals surface area contributed by atoms with Crippen molar-refractivity contribution < 1.29 is 9.90 Å². The van der Waals surface area contributed by atoms with Crippen LogP contribution in [0.1, 0.15) is 17.9 Å². The molecule has 0 bridgehead atoms. The largest absolute Gasteiger partial charge is 0.481 e. The highest BCUT2D eigenvalue weighted by Crippen LogP contribution is 2.22. The molecule has 4 heteroatoms. The molecule has 1 aromatic carbocycles. The van der Waals surface area contributed by atoms with E-state index in [1.54, 1.807) is 24.3 Å². The number of carboxylic acids is 1. The first-order valence-electron chi connectivity index (χ1n) is 4.19. The number of alkyl halides is 1. The second-order valence-electron chi connectivity index (χ2n) is 2.92. The molecule has 0 aromatic heterocycles. The van der Waals surface area contributed by atoms with Gasteiger partial charge in [0.15, 0.2) is 0 Å². The molecule has 0 heterocycles. The van der Waals surface area contributed by atoms with Crippen molar-refractivity contribution in [3.63, 3.8) is 0 Å². The first-order chi connectivity index (χ1) is 6.65. The molecule has 0 fully saturated rings. The number of carbonyl (C=O) groups is 1. The van der Waals surface area contributed by atoms with Crippen LogP contribution < -0.4 is 0 Å². The normalized spacial score (nSPS) is 12.4. The number of benzene rings is 1. The lowest BCUT2D eigenvalue weighted by atomic mass is 9.97. The van der Waals surface area contributed by atoms with Gasteiger partial charge in [0.2, 0.25) is 0 Å². The van der Waals surface area contributed by atoms with Crippen LogP contribution in [-0.4, -0.2) is 16.4 Å². The van der Waals surface area contributed by atoms with Gasteiger partial charge >= 0.3 is 5.97 Å². The summed E-state index contributed by atoms with van der Waals surface area (Å²) < 4.78 is 0. The minimum absolute atomic E-state index is 0.452. The molecule has 0 unspecified atom stereocenters. The van der Waals surface area contributed by atoms with E-state index >= 15 is 0 Å². The van der Waals surface area contributed by atoms with E-state index in [1.165, 1.54) is 0 Å². The van der Waals surface area contributed by atoms with Gasteiger partial charge in [-0.2, -0.15) is 0 Å². The minimum atomic E-state index is -0.799. The fourth-order valence-corrected chi connectivity index (χ4v) is 1.82. The minimum Gasteiger partial charge on any atom is -0.481 e. The van der Waals surface area contributed by atoms with Gasteiger partial charge in [-0.05, 0) is 24.1 Å². The molecule has 14 heavy (non-hydrogen) atoms. The second-order valence-corrected chi connectivity index (χ2v) is 4.15. The summed E-state index contributed by atoms with van der Waals surface area (Å²) in [4.78, 5) is 10.9. The molecule has 76 valence electrons. The smallest absolute Gasteiger partial charge is 0.311 e. The van der Waals surface area contributed by atoms with Crippen molar-refractivity contribution in [1.82, 2.24) is 0 Å². The third-order valence-corrected chi connectivity index (χ3v) is 2.68. The van der Waals surface area contributed by atoms with E-state index in [-0.39, 0.29) is 0 Å². The Kier molecular flexibility index (Phi) is 4.42. The molecule has 0 radical (unpaired) electrons. The van der Waals surface area contributed by atoms with E-state index in [0.717, 1.165) is 5.56 Å². The maximum Gasteiger partial charge on any atom is 0.311 e. The van der Waals surface area contributed by atoms with E-state index in [2.05, 4.69) is 15.9 Å². The van der Waals surface area contributed by atoms with Crippen molar-refractivity contribution >= 4 is 33.5 Å². The Labute approximate surface area is 96.0 Å². The number of halogens is 2. The van der Waals surface area contributed by atoms with Crippen molar-refractivity contribution in [3.05, 3.63) is 34.9 Å². The topological polar surface area (TPSA) is 37.3 Å². The molecule has 0 aliphatic rings. The predicted octanol–water partition coefficient (Wildman–Crippen LogP) is 3.29. The summed E-state index contributed by atoms with van der Waals surface area (Å²) in [6.45, 7) is 0. The Balaban J connectivity index is 2.87. The molecule has 0 saturated heterocycles. The quantitative estimate of drug-likeness (QED) is 0.858. The average Bonchev–Trinajstić information content (AvgIpc) is 2.15. The highest BCUT2D eigenvalue weighted by atomic mass is 79.9. The number of rotatable bonds is 4. The maximum atomic E-state index is 10.9. The average molecular weight is 278 g/mol. The highest BCUT2D eigenvalue weighted by Gasteiger charge is 2.18. The summed E-state index contributed by atoms with van der Waals surface area (Å²) in [6.07, 6.45) is 0.580. The molecule has 2 nitrogen and oxygen atoms in total. The molecule has 0 saturated carbocycles. The van der Waals surface area contributed by atoms with Crippen LogP contribution in [0, 0.1) is 0 Å². The molecule has 0 amide bonds. The molecular formula is C10H10BrClO2. The lowest BCUT2D eigenvalue weighted by Gasteiger charge is -2.10. The zero-order valence-corrected chi connectivity index (χ0v) is 9.75. The van der Waals surface area contributed by atoms with E-state index in [4.69, 9.17) is 16.7 Å². The number of carboxylic acid groups (broad SMARTS) is 1.